The van der Waals surface area contributed by atoms with Crippen LogP contribution < -0.4 is 4.74 Å². The van der Waals surface area contributed by atoms with Crippen LogP contribution in [-0.4, -0.2) is 60.3 Å². The second-order valence-electron chi connectivity index (χ2n) is 7.73. The maximum atomic E-state index is 12.7. The number of hydrogen-bond donors (Lipinski definition) is 0. The predicted octanol–water partition coefficient (Wildman–Crippen LogP) is 3.42. The van der Waals surface area contributed by atoms with E-state index in [1.807, 2.05) is 0 Å². The SMILES string of the molecule is CN(CCOc1ccc(Cl)cc1)C(=O)COC(=O)c1ccc2c(c1)C(=O)N(Cc1ccco1)C2=O. The summed E-state index contributed by atoms with van der Waals surface area (Å²) < 4.78 is 15.9. The van der Waals surface area contributed by atoms with Gasteiger partial charge in [-0.15, -0.1) is 0 Å². The van der Waals surface area contributed by atoms with Gasteiger partial charge in [0.05, 0.1) is 36.0 Å². The van der Waals surface area contributed by atoms with Gasteiger partial charge in [-0.1, -0.05) is 11.6 Å². The van der Waals surface area contributed by atoms with Crippen LogP contribution >= 0.6 is 11.6 Å². The number of fused-ring (bicyclic) bond motifs is 1. The molecule has 3 aromatic rings. The lowest BCUT2D eigenvalue weighted by Gasteiger charge is -2.17. The Bertz CT molecular complexity index is 1260. The largest absolute Gasteiger partial charge is 0.492 e. The van der Waals surface area contributed by atoms with Crippen LogP contribution in [0.3, 0.4) is 0 Å². The van der Waals surface area contributed by atoms with Gasteiger partial charge in [-0.05, 0) is 54.6 Å². The molecule has 9 nitrogen and oxygen atoms in total. The fraction of sp³-hybridized carbons (Fsp3) is 0.200. The zero-order valence-electron chi connectivity index (χ0n) is 18.7. The third-order valence-corrected chi connectivity index (χ3v) is 5.61. The molecule has 0 fully saturated rings. The van der Waals surface area contributed by atoms with Crippen molar-refractivity contribution >= 4 is 35.3 Å². The number of amides is 3. The van der Waals surface area contributed by atoms with Crippen LogP contribution in [0.15, 0.2) is 65.3 Å². The molecule has 0 saturated carbocycles. The summed E-state index contributed by atoms with van der Waals surface area (Å²) in [4.78, 5) is 52.5. The van der Waals surface area contributed by atoms with Gasteiger partial charge in [0.15, 0.2) is 6.61 Å². The fourth-order valence-corrected chi connectivity index (χ4v) is 3.52. The summed E-state index contributed by atoms with van der Waals surface area (Å²) in [6.45, 7) is 0.0276. The molecule has 1 aromatic heterocycles. The van der Waals surface area contributed by atoms with E-state index < -0.39 is 30.3 Å². The highest BCUT2D eigenvalue weighted by atomic mass is 35.5. The molecular weight excluding hydrogens is 476 g/mol. The molecule has 0 bridgehead atoms. The molecule has 0 saturated heterocycles. The molecule has 0 atom stereocenters. The third kappa shape index (κ3) is 5.52. The van der Waals surface area contributed by atoms with Crippen molar-refractivity contribution in [1.29, 1.82) is 0 Å². The first kappa shape index (κ1) is 24.0. The van der Waals surface area contributed by atoms with Crippen LogP contribution in [0.25, 0.3) is 0 Å². The molecule has 1 aliphatic heterocycles. The fourth-order valence-electron chi connectivity index (χ4n) is 3.40. The van der Waals surface area contributed by atoms with E-state index in [2.05, 4.69) is 0 Å². The molecule has 2 heterocycles. The minimum absolute atomic E-state index is 0.0122. The van der Waals surface area contributed by atoms with Crippen LogP contribution in [0.1, 0.15) is 36.8 Å². The number of halogens is 1. The van der Waals surface area contributed by atoms with Gasteiger partial charge in [0, 0.05) is 12.1 Å². The number of rotatable bonds is 9. The molecule has 4 rings (SSSR count). The van der Waals surface area contributed by atoms with Gasteiger partial charge >= 0.3 is 5.97 Å². The normalized spacial score (nSPS) is 12.5. The minimum Gasteiger partial charge on any atom is -0.492 e. The number of nitrogens with zero attached hydrogens (tertiary/aromatic N) is 2. The summed E-state index contributed by atoms with van der Waals surface area (Å²) in [7, 11) is 1.56. The van der Waals surface area contributed by atoms with Crippen LogP contribution in [0.2, 0.25) is 5.02 Å². The number of benzene rings is 2. The summed E-state index contributed by atoms with van der Waals surface area (Å²) in [5, 5.41) is 0.594. The number of imide groups is 1. The van der Waals surface area contributed by atoms with Gasteiger partial charge in [-0.3, -0.25) is 19.3 Å². The standard InChI is InChI=1S/C25H21ClN2O7/c1-27(10-12-34-18-7-5-17(26)6-8-18)22(29)15-35-25(32)16-4-9-20-21(13-16)24(31)28(23(20)30)14-19-3-2-11-33-19/h2-9,11,13H,10,12,14-15H2,1H3. The van der Waals surface area contributed by atoms with Crippen LogP contribution in [-0.2, 0) is 16.1 Å². The van der Waals surface area contributed by atoms with E-state index in [0.717, 1.165) is 4.90 Å². The predicted molar refractivity (Wildman–Crippen MR) is 124 cm³/mol. The zero-order valence-corrected chi connectivity index (χ0v) is 19.5. The van der Waals surface area contributed by atoms with Gasteiger partial charge in [0.2, 0.25) is 0 Å². The van der Waals surface area contributed by atoms with Crippen molar-refractivity contribution in [3.05, 3.63) is 88.3 Å². The number of hydrogen-bond acceptors (Lipinski definition) is 7. The van der Waals surface area contributed by atoms with E-state index in [9.17, 15) is 19.2 Å². The minimum atomic E-state index is -0.781. The number of carbonyl (C=O) groups excluding carboxylic acids is 4. The van der Waals surface area contributed by atoms with E-state index in [-0.39, 0.29) is 36.4 Å². The zero-order chi connectivity index (χ0) is 24.9. The first-order valence-corrected chi connectivity index (χ1v) is 11.0. The lowest BCUT2D eigenvalue weighted by atomic mass is 10.1. The molecular formula is C25H21ClN2O7. The topological polar surface area (TPSA) is 106 Å². The van der Waals surface area contributed by atoms with Crippen LogP contribution in [0, 0.1) is 0 Å². The molecule has 35 heavy (non-hydrogen) atoms. The first-order chi connectivity index (χ1) is 16.8. The monoisotopic (exact) mass is 496 g/mol. The lowest BCUT2D eigenvalue weighted by Crippen LogP contribution is -2.34. The molecule has 0 N–H and O–H groups in total. The van der Waals surface area contributed by atoms with Crippen LogP contribution in [0.4, 0.5) is 0 Å². The molecule has 0 unspecified atom stereocenters. The van der Waals surface area contributed by atoms with Crippen molar-refractivity contribution < 1.29 is 33.1 Å². The smallest absolute Gasteiger partial charge is 0.338 e. The van der Waals surface area contributed by atoms with E-state index >= 15 is 0 Å². The van der Waals surface area contributed by atoms with Crippen molar-refractivity contribution in [3.8, 4) is 5.75 Å². The van der Waals surface area contributed by atoms with Gasteiger partial charge in [-0.25, -0.2) is 4.79 Å². The quantitative estimate of drug-likeness (QED) is 0.330. The number of ether oxygens (including phenoxy) is 2. The second kappa shape index (κ2) is 10.4. The van der Waals surface area contributed by atoms with E-state index in [1.165, 1.54) is 29.4 Å². The number of carbonyl (C=O) groups is 4. The van der Waals surface area contributed by atoms with Crippen LogP contribution in [0.5, 0.6) is 5.75 Å². The molecule has 1 aliphatic rings. The molecule has 10 heteroatoms. The highest BCUT2D eigenvalue weighted by Crippen LogP contribution is 2.26. The molecule has 0 aliphatic carbocycles. The molecule has 2 aromatic carbocycles. The Balaban J connectivity index is 1.29. The van der Waals surface area contributed by atoms with Crippen molar-refractivity contribution in [1.82, 2.24) is 9.80 Å². The van der Waals surface area contributed by atoms with Gasteiger partial charge < -0.3 is 18.8 Å². The Kier molecular flexibility index (Phi) is 7.17. The Morgan fingerprint density at radius 3 is 2.49 bits per heavy atom. The van der Waals surface area contributed by atoms with E-state index in [0.29, 0.717) is 16.5 Å². The van der Waals surface area contributed by atoms with E-state index in [4.69, 9.17) is 25.5 Å². The molecule has 3 amide bonds. The molecule has 0 radical (unpaired) electrons. The van der Waals surface area contributed by atoms with Gasteiger partial charge in [-0.2, -0.15) is 0 Å². The Labute approximate surface area is 205 Å². The number of likely N-dealkylation sites (N-methyl/N-ethyl adjacent to an activating group) is 1. The number of esters is 1. The summed E-state index contributed by atoms with van der Waals surface area (Å²) in [5.74, 6) is -1.13. The maximum absolute atomic E-state index is 12.7. The highest BCUT2D eigenvalue weighted by Gasteiger charge is 2.36. The highest BCUT2D eigenvalue weighted by molar-refractivity contribution is 6.30. The molecule has 180 valence electrons. The third-order valence-electron chi connectivity index (χ3n) is 5.36. The number of furan rings is 1. The lowest BCUT2D eigenvalue weighted by molar-refractivity contribution is -0.133. The van der Waals surface area contributed by atoms with Crippen molar-refractivity contribution in [2.75, 3.05) is 26.8 Å². The summed E-state index contributed by atoms with van der Waals surface area (Å²) in [5.41, 5.74) is 0.347. The van der Waals surface area contributed by atoms with Gasteiger partial charge in [0.25, 0.3) is 17.7 Å². The Hall–Kier alpha value is -4.11. The first-order valence-electron chi connectivity index (χ1n) is 10.7. The molecule has 0 spiro atoms. The average Bonchev–Trinajstić information content (AvgIpc) is 3.46. The van der Waals surface area contributed by atoms with Crippen molar-refractivity contribution in [2.24, 2.45) is 0 Å². The average molecular weight is 497 g/mol. The Morgan fingerprint density at radius 2 is 1.77 bits per heavy atom. The van der Waals surface area contributed by atoms with E-state index in [1.54, 1.807) is 43.4 Å². The summed E-state index contributed by atoms with van der Waals surface area (Å²) in [6, 6.07) is 14.2. The Morgan fingerprint density at radius 1 is 1.03 bits per heavy atom. The van der Waals surface area contributed by atoms with Gasteiger partial charge in [0.1, 0.15) is 18.1 Å². The maximum Gasteiger partial charge on any atom is 0.338 e. The summed E-state index contributed by atoms with van der Waals surface area (Å²) in [6.07, 6.45) is 1.45. The second-order valence-corrected chi connectivity index (χ2v) is 8.17. The summed E-state index contributed by atoms with van der Waals surface area (Å²) >= 11 is 5.83. The van der Waals surface area contributed by atoms with Crippen molar-refractivity contribution in [3.63, 3.8) is 0 Å². The van der Waals surface area contributed by atoms with Crippen molar-refractivity contribution in [2.45, 2.75) is 6.54 Å².